The summed E-state index contributed by atoms with van der Waals surface area (Å²) >= 11 is 0. The molecule has 0 aliphatic carbocycles. The third-order valence-electron chi connectivity index (χ3n) is 3.51. The Balaban J connectivity index is 2.00. The molecule has 118 valence electrons. The second kappa shape index (κ2) is 6.52. The SMILES string of the molecule is CN(C)CCNc1nncc(N(C)C2CCS(=O)(=O)C2)n1. The number of anilines is 2. The smallest absolute Gasteiger partial charge is 0.244 e. The molecule has 0 saturated carbocycles. The maximum absolute atomic E-state index is 11.6. The minimum Gasteiger partial charge on any atom is -0.354 e. The maximum Gasteiger partial charge on any atom is 0.244 e. The van der Waals surface area contributed by atoms with Crippen LogP contribution in [0.5, 0.6) is 0 Å². The first-order valence-electron chi connectivity index (χ1n) is 6.89. The van der Waals surface area contributed by atoms with E-state index in [-0.39, 0.29) is 17.5 Å². The molecule has 2 rings (SSSR count). The second-order valence-electron chi connectivity index (χ2n) is 5.54. The van der Waals surface area contributed by atoms with Gasteiger partial charge in [0.05, 0.1) is 17.7 Å². The average Bonchev–Trinajstić information content (AvgIpc) is 2.78. The Morgan fingerprint density at radius 3 is 2.76 bits per heavy atom. The Morgan fingerprint density at radius 2 is 2.14 bits per heavy atom. The Kier molecular flexibility index (Phi) is 4.94. The molecule has 1 N–H and O–H groups in total. The number of nitrogens with zero attached hydrogens (tertiary/aromatic N) is 5. The Hall–Kier alpha value is -1.48. The summed E-state index contributed by atoms with van der Waals surface area (Å²) in [4.78, 5) is 8.32. The zero-order valence-corrected chi connectivity index (χ0v) is 13.5. The lowest BCUT2D eigenvalue weighted by atomic mass is 10.2. The first-order chi connectivity index (χ1) is 9.87. The van der Waals surface area contributed by atoms with Gasteiger partial charge in [0.15, 0.2) is 15.7 Å². The highest BCUT2D eigenvalue weighted by atomic mass is 32.2. The number of sulfone groups is 1. The van der Waals surface area contributed by atoms with Gasteiger partial charge >= 0.3 is 0 Å². The summed E-state index contributed by atoms with van der Waals surface area (Å²) < 4.78 is 23.1. The van der Waals surface area contributed by atoms with Gasteiger partial charge in [0, 0.05) is 26.2 Å². The Morgan fingerprint density at radius 1 is 1.38 bits per heavy atom. The lowest BCUT2D eigenvalue weighted by Gasteiger charge is -2.24. The zero-order valence-electron chi connectivity index (χ0n) is 12.7. The van der Waals surface area contributed by atoms with Crippen LogP contribution in [0.4, 0.5) is 11.8 Å². The molecule has 0 bridgehead atoms. The van der Waals surface area contributed by atoms with Crippen molar-refractivity contribution >= 4 is 21.6 Å². The molecule has 9 heteroatoms. The number of likely N-dealkylation sites (N-methyl/N-ethyl adjacent to an activating group) is 1. The zero-order chi connectivity index (χ0) is 15.5. The summed E-state index contributed by atoms with van der Waals surface area (Å²) in [5.74, 6) is 1.52. The molecule has 1 atom stereocenters. The molecule has 0 amide bonds. The van der Waals surface area contributed by atoms with Gasteiger partial charge in [-0.15, -0.1) is 5.10 Å². The average molecular weight is 314 g/mol. The second-order valence-corrected chi connectivity index (χ2v) is 7.76. The van der Waals surface area contributed by atoms with Crippen LogP contribution >= 0.6 is 0 Å². The topological polar surface area (TPSA) is 91.3 Å². The van der Waals surface area contributed by atoms with Crippen LogP contribution in [0.25, 0.3) is 0 Å². The van der Waals surface area contributed by atoms with E-state index in [1.54, 1.807) is 6.20 Å². The molecule has 1 saturated heterocycles. The summed E-state index contributed by atoms with van der Waals surface area (Å²) in [5, 5.41) is 11.0. The van der Waals surface area contributed by atoms with E-state index in [1.165, 1.54) is 0 Å². The minimum absolute atomic E-state index is 0.0404. The van der Waals surface area contributed by atoms with Crippen molar-refractivity contribution in [2.24, 2.45) is 0 Å². The molecule has 8 nitrogen and oxygen atoms in total. The molecule has 1 aromatic heterocycles. The van der Waals surface area contributed by atoms with E-state index in [9.17, 15) is 8.42 Å². The van der Waals surface area contributed by atoms with Crippen LogP contribution in [-0.4, -0.2) is 80.3 Å². The standard InChI is InChI=1S/C12H22N6O2S/c1-17(2)6-5-13-12-15-11(8-14-16-12)18(3)10-4-7-21(19,20)9-10/h8,10H,4-7,9H2,1-3H3,(H,13,15,16). The molecule has 0 spiro atoms. The minimum atomic E-state index is -2.91. The summed E-state index contributed by atoms with van der Waals surface area (Å²) in [6.45, 7) is 1.59. The van der Waals surface area contributed by atoms with E-state index in [0.29, 0.717) is 18.2 Å². The van der Waals surface area contributed by atoms with Gasteiger partial charge in [0.2, 0.25) is 5.95 Å². The van der Waals surface area contributed by atoms with E-state index < -0.39 is 9.84 Å². The molecule has 0 aromatic carbocycles. The molecule has 1 unspecified atom stereocenters. The van der Waals surface area contributed by atoms with Gasteiger partial charge in [-0.1, -0.05) is 0 Å². The normalized spacial score (nSPS) is 20.7. The number of aromatic nitrogens is 3. The molecule has 0 radical (unpaired) electrons. The van der Waals surface area contributed by atoms with Crippen molar-refractivity contribution in [3.05, 3.63) is 6.20 Å². The molecular weight excluding hydrogens is 292 g/mol. The van der Waals surface area contributed by atoms with Crippen LogP contribution in [0, 0.1) is 0 Å². The number of hydrogen-bond donors (Lipinski definition) is 1. The van der Waals surface area contributed by atoms with Crippen LogP contribution in [0.2, 0.25) is 0 Å². The van der Waals surface area contributed by atoms with Gasteiger partial charge in [-0.25, -0.2) is 8.42 Å². The fraction of sp³-hybridized carbons (Fsp3) is 0.750. The van der Waals surface area contributed by atoms with Crippen molar-refractivity contribution in [1.82, 2.24) is 20.1 Å². The van der Waals surface area contributed by atoms with Crippen molar-refractivity contribution in [2.45, 2.75) is 12.5 Å². The molecule has 2 heterocycles. The fourth-order valence-electron chi connectivity index (χ4n) is 2.20. The van der Waals surface area contributed by atoms with Gasteiger partial charge in [-0.2, -0.15) is 10.1 Å². The highest BCUT2D eigenvalue weighted by molar-refractivity contribution is 7.91. The predicted molar refractivity (Wildman–Crippen MR) is 82.3 cm³/mol. The van der Waals surface area contributed by atoms with Crippen LogP contribution in [0.1, 0.15) is 6.42 Å². The number of nitrogens with one attached hydrogen (secondary N) is 1. The van der Waals surface area contributed by atoms with Crippen molar-refractivity contribution < 1.29 is 8.42 Å². The molecule has 1 aromatic rings. The van der Waals surface area contributed by atoms with Crippen LogP contribution < -0.4 is 10.2 Å². The van der Waals surface area contributed by atoms with E-state index in [0.717, 1.165) is 13.1 Å². The van der Waals surface area contributed by atoms with E-state index >= 15 is 0 Å². The van der Waals surface area contributed by atoms with Crippen molar-refractivity contribution in [3.8, 4) is 0 Å². The lowest BCUT2D eigenvalue weighted by Crippen LogP contribution is -2.33. The van der Waals surface area contributed by atoms with E-state index in [4.69, 9.17) is 0 Å². The molecular formula is C12H22N6O2S. The van der Waals surface area contributed by atoms with E-state index in [2.05, 4.69) is 25.4 Å². The third-order valence-corrected chi connectivity index (χ3v) is 5.26. The third kappa shape index (κ3) is 4.50. The highest BCUT2D eigenvalue weighted by Crippen LogP contribution is 2.21. The maximum atomic E-state index is 11.6. The Bertz CT molecular complexity index is 577. The van der Waals surface area contributed by atoms with Gasteiger partial charge in [-0.3, -0.25) is 0 Å². The first-order valence-corrected chi connectivity index (χ1v) is 8.71. The van der Waals surface area contributed by atoms with Crippen molar-refractivity contribution in [1.29, 1.82) is 0 Å². The monoisotopic (exact) mass is 314 g/mol. The Labute approximate surface area is 125 Å². The summed E-state index contributed by atoms with van der Waals surface area (Å²) in [6, 6.07) is -0.0404. The van der Waals surface area contributed by atoms with Crippen LogP contribution in [-0.2, 0) is 9.84 Å². The fourth-order valence-corrected chi connectivity index (χ4v) is 3.97. The summed E-state index contributed by atoms with van der Waals surface area (Å²) in [5.41, 5.74) is 0. The molecule has 1 fully saturated rings. The quantitative estimate of drug-likeness (QED) is 0.749. The van der Waals surface area contributed by atoms with Gasteiger partial charge in [-0.05, 0) is 20.5 Å². The molecule has 1 aliphatic rings. The van der Waals surface area contributed by atoms with Crippen LogP contribution in [0.15, 0.2) is 6.20 Å². The van der Waals surface area contributed by atoms with Gasteiger partial charge < -0.3 is 15.1 Å². The lowest BCUT2D eigenvalue weighted by molar-refractivity contribution is 0.425. The number of hydrogen-bond acceptors (Lipinski definition) is 8. The number of rotatable bonds is 6. The van der Waals surface area contributed by atoms with Gasteiger partial charge in [0.1, 0.15) is 0 Å². The van der Waals surface area contributed by atoms with Crippen molar-refractivity contribution in [2.75, 3.05) is 56.0 Å². The molecule has 1 aliphatic heterocycles. The highest BCUT2D eigenvalue weighted by Gasteiger charge is 2.31. The summed E-state index contributed by atoms with van der Waals surface area (Å²) in [7, 11) is 2.92. The largest absolute Gasteiger partial charge is 0.354 e. The molecule has 21 heavy (non-hydrogen) atoms. The van der Waals surface area contributed by atoms with Crippen LogP contribution in [0.3, 0.4) is 0 Å². The van der Waals surface area contributed by atoms with Gasteiger partial charge in [0.25, 0.3) is 0 Å². The summed E-state index contributed by atoms with van der Waals surface area (Å²) in [6.07, 6.45) is 2.19. The predicted octanol–water partition coefficient (Wildman–Crippen LogP) is -0.532. The van der Waals surface area contributed by atoms with Crippen molar-refractivity contribution in [3.63, 3.8) is 0 Å². The first kappa shape index (κ1) is 15.9. The van der Waals surface area contributed by atoms with E-state index in [1.807, 2.05) is 26.0 Å².